The van der Waals surface area contributed by atoms with Crippen molar-refractivity contribution in [2.75, 3.05) is 7.05 Å². The lowest BCUT2D eigenvalue weighted by Gasteiger charge is -2.25. The van der Waals surface area contributed by atoms with E-state index in [1.807, 2.05) is 12.1 Å². The Morgan fingerprint density at radius 3 is 2.11 bits per heavy atom. The summed E-state index contributed by atoms with van der Waals surface area (Å²) < 4.78 is 0. The molecule has 0 saturated heterocycles. The van der Waals surface area contributed by atoms with E-state index >= 15 is 0 Å². The summed E-state index contributed by atoms with van der Waals surface area (Å²) in [5.41, 5.74) is 1.08. The highest BCUT2D eigenvalue weighted by molar-refractivity contribution is 5.83. The predicted molar refractivity (Wildman–Crippen MR) is 77.8 cm³/mol. The van der Waals surface area contributed by atoms with Crippen molar-refractivity contribution >= 4 is 5.91 Å². The molecule has 0 heterocycles. The predicted octanol–water partition coefficient (Wildman–Crippen LogP) is 2.61. The van der Waals surface area contributed by atoms with Gasteiger partial charge in [0.15, 0.2) is 0 Å². The van der Waals surface area contributed by atoms with Gasteiger partial charge < -0.3 is 10.0 Å². The van der Waals surface area contributed by atoms with Gasteiger partial charge in [-0.25, -0.2) is 0 Å². The number of carbonyl (C=O) groups excluding carboxylic acids is 1. The Kier molecular flexibility index (Phi) is 5.12. The molecule has 0 aromatic heterocycles. The summed E-state index contributed by atoms with van der Waals surface area (Å²) in [6, 6.07) is 8.31. The quantitative estimate of drug-likeness (QED) is 0.887. The van der Waals surface area contributed by atoms with Crippen LogP contribution >= 0.6 is 0 Å². The lowest BCUT2D eigenvalue weighted by Crippen LogP contribution is -2.42. The van der Waals surface area contributed by atoms with Crippen molar-refractivity contribution in [3.05, 3.63) is 35.4 Å². The minimum Gasteiger partial charge on any atom is -0.381 e. The number of carbonyl (C=O) groups is 1. The molecule has 3 heteroatoms. The van der Waals surface area contributed by atoms with E-state index in [0.717, 1.165) is 12.0 Å². The van der Waals surface area contributed by atoms with Crippen LogP contribution in [0, 0.1) is 5.92 Å². The van der Waals surface area contributed by atoms with Gasteiger partial charge in [0.1, 0.15) is 5.60 Å². The lowest BCUT2D eigenvalue weighted by atomic mass is 10.0. The van der Waals surface area contributed by atoms with Gasteiger partial charge in [0.05, 0.1) is 0 Å². The third-order valence-corrected chi connectivity index (χ3v) is 2.96. The van der Waals surface area contributed by atoms with Crippen molar-refractivity contribution in [3.63, 3.8) is 0 Å². The molecule has 1 amide bonds. The number of aliphatic hydroxyl groups is 1. The zero-order valence-corrected chi connectivity index (χ0v) is 12.6. The SMILES string of the molecule is CC(C)Cc1ccc(CN(C)C(=O)C(C)(C)O)cc1. The third-order valence-electron chi connectivity index (χ3n) is 2.96. The molecule has 0 unspecified atom stereocenters. The molecule has 19 heavy (non-hydrogen) atoms. The van der Waals surface area contributed by atoms with Crippen LogP contribution in [0.5, 0.6) is 0 Å². The molecule has 0 spiro atoms. The van der Waals surface area contributed by atoms with E-state index in [0.29, 0.717) is 12.5 Å². The second-order valence-electron chi connectivity index (χ2n) is 6.13. The van der Waals surface area contributed by atoms with Crippen LogP contribution in [0.1, 0.15) is 38.8 Å². The van der Waals surface area contributed by atoms with E-state index in [1.165, 1.54) is 19.4 Å². The minimum atomic E-state index is -1.31. The largest absolute Gasteiger partial charge is 0.381 e. The Labute approximate surface area is 116 Å². The summed E-state index contributed by atoms with van der Waals surface area (Å²) >= 11 is 0. The number of nitrogens with zero attached hydrogens (tertiary/aromatic N) is 1. The summed E-state index contributed by atoms with van der Waals surface area (Å²) in [7, 11) is 1.71. The molecule has 0 aliphatic heterocycles. The molecule has 0 atom stereocenters. The van der Waals surface area contributed by atoms with Crippen LogP contribution in [0.2, 0.25) is 0 Å². The molecule has 0 bridgehead atoms. The summed E-state index contributed by atoms with van der Waals surface area (Å²) in [5, 5.41) is 9.69. The molecular formula is C16H25NO2. The molecule has 106 valence electrons. The van der Waals surface area contributed by atoms with Gasteiger partial charge in [-0.15, -0.1) is 0 Å². The Morgan fingerprint density at radius 2 is 1.68 bits per heavy atom. The fourth-order valence-corrected chi connectivity index (χ4v) is 2.06. The molecule has 0 fully saturated rings. The van der Waals surface area contributed by atoms with E-state index in [4.69, 9.17) is 0 Å². The third kappa shape index (κ3) is 5.03. The van der Waals surface area contributed by atoms with E-state index in [9.17, 15) is 9.90 Å². The monoisotopic (exact) mass is 263 g/mol. The topological polar surface area (TPSA) is 40.5 Å². The molecule has 1 aromatic carbocycles. The van der Waals surface area contributed by atoms with Crippen molar-refractivity contribution < 1.29 is 9.90 Å². The Morgan fingerprint density at radius 1 is 1.21 bits per heavy atom. The number of hydrogen-bond donors (Lipinski definition) is 1. The highest BCUT2D eigenvalue weighted by atomic mass is 16.3. The minimum absolute atomic E-state index is 0.265. The smallest absolute Gasteiger partial charge is 0.253 e. The first-order valence-electron chi connectivity index (χ1n) is 6.76. The lowest BCUT2D eigenvalue weighted by molar-refractivity contribution is -0.146. The Bertz CT molecular complexity index is 415. The summed E-state index contributed by atoms with van der Waals surface area (Å²) in [6.45, 7) is 7.94. The highest BCUT2D eigenvalue weighted by Crippen LogP contribution is 2.13. The van der Waals surface area contributed by atoms with Gasteiger partial charge in [-0.3, -0.25) is 4.79 Å². The molecule has 1 rings (SSSR count). The van der Waals surface area contributed by atoms with E-state index in [1.54, 1.807) is 11.9 Å². The van der Waals surface area contributed by atoms with Crippen LogP contribution in [0.15, 0.2) is 24.3 Å². The number of hydrogen-bond acceptors (Lipinski definition) is 2. The zero-order valence-electron chi connectivity index (χ0n) is 12.6. The van der Waals surface area contributed by atoms with Gasteiger partial charge in [-0.05, 0) is 37.3 Å². The van der Waals surface area contributed by atoms with Gasteiger partial charge >= 0.3 is 0 Å². The van der Waals surface area contributed by atoms with E-state index < -0.39 is 5.60 Å². The van der Waals surface area contributed by atoms with Crippen molar-refractivity contribution in [2.24, 2.45) is 5.92 Å². The molecule has 3 nitrogen and oxygen atoms in total. The van der Waals surface area contributed by atoms with Crippen LogP contribution in [-0.2, 0) is 17.8 Å². The summed E-state index contributed by atoms with van der Waals surface area (Å²) in [6.07, 6.45) is 1.07. The van der Waals surface area contributed by atoms with Crippen LogP contribution in [0.4, 0.5) is 0 Å². The van der Waals surface area contributed by atoms with Crippen LogP contribution in [-0.4, -0.2) is 28.6 Å². The fourth-order valence-electron chi connectivity index (χ4n) is 2.06. The maximum absolute atomic E-state index is 11.9. The molecular weight excluding hydrogens is 238 g/mol. The Balaban J connectivity index is 2.65. The maximum atomic E-state index is 11.9. The molecule has 0 aliphatic carbocycles. The van der Waals surface area contributed by atoms with Crippen LogP contribution in [0.3, 0.4) is 0 Å². The first-order valence-corrected chi connectivity index (χ1v) is 6.76. The normalized spacial score (nSPS) is 11.7. The van der Waals surface area contributed by atoms with Gasteiger partial charge in [0.2, 0.25) is 0 Å². The van der Waals surface area contributed by atoms with E-state index in [-0.39, 0.29) is 5.91 Å². The molecule has 1 aromatic rings. The molecule has 0 radical (unpaired) electrons. The maximum Gasteiger partial charge on any atom is 0.253 e. The summed E-state index contributed by atoms with van der Waals surface area (Å²) in [4.78, 5) is 13.4. The number of rotatable bonds is 5. The highest BCUT2D eigenvalue weighted by Gasteiger charge is 2.27. The van der Waals surface area contributed by atoms with Crippen LogP contribution < -0.4 is 0 Å². The number of amides is 1. The summed E-state index contributed by atoms with van der Waals surface area (Å²) in [5.74, 6) is 0.379. The first kappa shape index (κ1) is 15.7. The van der Waals surface area contributed by atoms with Crippen LogP contribution in [0.25, 0.3) is 0 Å². The molecule has 0 aliphatic rings. The van der Waals surface area contributed by atoms with Gasteiger partial charge in [0, 0.05) is 13.6 Å². The van der Waals surface area contributed by atoms with Crippen molar-refractivity contribution in [1.29, 1.82) is 0 Å². The van der Waals surface area contributed by atoms with Crippen molar-refractivity contribution in [3.8, 4) is 0 Å². The number of likely N-dealkylation sites (N-methyl/N-ethyl adjacent to an activating group) is 1. The average molecular weight is 263 g/mol. The van der Waals surface area contributed by atoms with Gasteiger partial charge in [-0.2, -0.15) is 0 Å². The fraction of sp³-hybridized carbons (Fsp3) is 0.562. The Hall–Kier alpha value is -1.35. The zero-order chi connectivity index (χ0) is 14.6. The first-order chi connectivity index (χ1) is 8.70. The van der Waals surface area contributed by atoms with Crippen molar-refractivity contribution in [1.82, 2.24) is 4.90 Å². The average Bonchev–Trinajstić information content (AvgIpc) is 2.28. The molecule has 0 saturated carbocycles. The second kappa shape index (κ2) is 6.20. The molecule has 1 N–H and O–H groups in total. The standard InChI is InChI=1S/C16H25NO2/c1-12(2)10-13-6-8-14(9-7-13)11-17(5)15(18)16(3,4)19/h6-9,12,19H,10-11H2,1-5H3. The second-order valence-corrected chi connectivity index (χ2v) is 6.13. The number of benzene rings is 1. The van der Waals surface area contributed by atoms with E-state index in [2.05, 4.69) is 26.0 Å². The van der Waals surface area contributed by atoms with Crippen molar-refractivity contribution in [2.45, 2.75) is 46.3 Å². The van der Waals surface area contributed by atoms with Gasteiger partial charge in [0.25, 0.3) is 5.91 Å². The van der Waals surface area contributed by atoms with Gasteiger partial charge in [-0.1, -0.05) is 38.1 Å².